The summed E-state index contributed by atoms with van der Waals surface area (Å²) in [4.78, 5) is 33.0. The maximum atomic E-state index is 15.0. The average Bonchev–Trinajstić information content (AvgIpc) is 4.03. The summed E-state index contributed by atoms with van der Waals surface area (Å²) >= 11 is 0. The molecular formula is C46H34N4O3. The predicted molar refractivity (Wildman–Crippen MR) is 212 cm³/mol. The van der Waals surface area contributed by atoms with Crippen LogP contribution in [0.4, 0.5) is 0 Å². The van der Waals surface area contributed by atoms with Crippen molar-refractivity contribution in [1.29, 1.82) is 0 Å². The van der Waals surface area contributed by atoms with E-state index in [0.717, 1.165) is 61.1 Å². The quantitative estimate of drug-likeness (QED) is 0.169. The highest BCUT2D eigenvalue weighted by Crippen LogP contribution is 2.44. The number of hydrogen-bond acceptors (Lipinski definition) is 5. The van der Waals surface area contributed by atoms with Gasteiger partial charge >= 0.3 is 0 Å². The zero-order valence-electron chi connectivity index (χ0n) is 29.1. The molecule has 0 atom stereocenters. The molecule has 0 fully saturated rings. The number of benzene rings is 4. The zero-order chi connectivity index (χ0) is 35.9. The molecule has 2 aliphatic heterocycles. The third-order valence-corrected chi connectivity index (χ3v) is 9.95. The number of Topliss-reactive ketones (excluding diaryl/α,β-unsaturated/α-hetero) is 1. The smallest absolute Gasteiger partial charge is 0.280 e. The van der Waals surface area contributed by atoms with Gasteiger partial charge in [0, 0.05) is 58.5 Å². The van der Waals surface area contributed by atoms with Crippen LogP contribution in [0.25, 0.3) is 78.7 Å². The highest BCUT2D eigenvalue weighted by atomic mass is 16.7. The van der Waals surface area contributed by atoms with Gasteiger partial charge in [-0.05, 0) is 58.7 Å². The van der Waals surface area contributed by atoms with E-state index in [9.17, 15) is 4.79 Å². The molecule has 256 valence electrons. The van der Waals surface area contributed by atoms with E-state index in [4.69, 9.17) is 19.4 Å². The molecule has 3 aromatic heterocycles. The summed E-state index contributed by atoms with van der Waals surface area (Å²) in [5, 5.41) is 0. The molecule has 0 radical (unpaired) electrons. The number of nitrogens with one attached hydrogen (secondary N) is 2. The van der Waals surface area contributed by atoms with Gasteiger partial charge in [-0.1, -0.05) is 121 Å². The Hall–Kier alpha value is -6.67. The Morgan fingerprint density at radius 1 is 0.453 bits per heavy atom. The second-order valence-electron chi connectivity index (χ2n) is 12.9. The lowest BCUT2D eigenvalue weighted by molar-refractivity contribution is -0.175. The van der Waals surface area contributed by atoms with Crippen LogP contribution in [-0.4, -0.2) is 39.9 Å². The monoisotopic (exact) mass is 690 g/mol. The van der Waals surface area contributed by atoms with Crippen LogP contribution in [-0.2, 0) is 15.3 Å². The first-order valence-corrected chi connectivity index (χ1v) is 17.4. The van der Waals surface area contributed by atoms with Gasteiger partial charge in [0.15, 0.2) is 0 Å². The van der Waals surface area contributed by atoms with Gasteiger partial charge in [0.1, 0.15) is 11.4 Å². The standard InChI is InChI=1S/C46H34N4O3/c1-52-46(53-2)44-42(32-21-13-6-14-22-32)38-28-26-36(49-38)40(30-17-9-4-10-18-30)34-24-23-33(47-34)39(29-15-7-3-8-16-29)35-25-27-37(48-35)41(43(50-44)45(46)51)31-19-11-5-12-20-31/h3-28,47,49H,1-2H3. The van der Waals surface area contributed by atoms with Crippen molar-refractivity contribution in [2.45, 2.75) is 5.79 Å². The minimum Gasteiger partial charge on any atom is -0.354 e. The molecule has 7 heteroatoms. The fourth-order valence-electron chi connectivity index (χ4n) is 7.51. The van der Waals surface area contributed by atoms with Gasteiger partial charge in [0.25, 0.3) is 5.79 Å². The topological polar surface area (TPSA) is 92.9 Å². The lowest BCUT2D eigenvalue weighted by Gasteiger charge is -2.25. The number of hydrogen-bond donors (Lipinski definition) is 2. The van der Waals surface area contributed by atoms with Crippen molar-refractivity contribution in [1.82, 2.24) is 19.9 Å². The Labute approximate surface area is 306 Å². The lowest BCUT2D eigenvalue weighted by atomic mass is 9.95. The third kappa shape index (κ3) is 5.33. The van der Waals surface area contributed by atoms with Crippen LogP contribution >= 0.6 is 0 Å². The largest absolute Gasteiger partial charge is 0.354 e. The number of carbonyl (C=O) groups excluding carboxylic acids is 1. The number of aromatic amines is 2. The number of nitrogens with zero attached hydrogens (tertiary/aromatic N) is 2. The number of methoxy groups -OCH3 is 2. The molecule has 0 amide bonds. The summed E-state index contributed by atoms with van der Waals surface area (Å²) < 4.78 is 12.2. The lowest BCUT2D eigenvalue weighted by Crippen LogP contribution is -2.37. The summed E-state index contributed by atoms with van der Waals surface area (Å²) in [6, 6.07) is 48.5. The maximum Gasteiger partial charge on any atom is 0.280 e. The molecule has 53 heavy (non-hydrogen) atoms. The highest BCUT2D eigenvalue weighted by molar-refractivity contribution is 6.10. The summed E-state index contributed by atoms with van der Waals surface area (Å²) in [5.41, 5.74) is 12.2. The van der Waals surface area contributed by atoms with Crippen LogP contribution in [0.3, 0.4) is 0 Å². The first kappa shape index (κ1) is 32.3. The molecule has 2 N–H and O–H groups in total. The van der Waals surface area contributed by atoms with Gasteiger partial charge in [0.2, 0.25) is 5.78 Å². The number of ether oxygens (including phenoxy) is 2. The van der Waals surface area contributed by atoms with Gasteiger partial charge in [-0.3, -0.25) is 4.79 Å². The number of fused-ring (bicyclic) bond motifs is 8. The fraction of sp³-hybridized carbons (Fsp3) is 0.0652. The normalized spacial score (nSPS) is 13.4. The van der Waals surface area contributed by atoms with Crippen molar-refractivity contribution >= 4 is 40.0 Å². The molecule has 8 bridgehead atoms. The fourth-order valence-corrected chi connectivity index (χ4v) is 7.51. The van der Waals surface area contributed by atoms with Gasteiger partial charge < -0.3 is 19.4 Å². The average molecular weight is 691 g/mol. The van der Waals surface area contributed by atoms with Crippen molar-refractivity contribution in [2.75, 3.05) is 14.2 Å². The van der Waals surface area contributed by atoms with E-state index in [2.05, 4.69) is 52.4 Å². The van der Waals surface area contributed by atoms with E-state index in [1.54, 1.807) is 0 Å². The van der Waals surface area contributed by atoms with Crippen LogP contribution in [0.5, 0.6) is 0 Å². The molecule has 0 spiro atoms. The number of H-pyrrole nitrogens is 2. The molecule has 2 aliphatic rings. The SMILES string of the molecule is COC1(OC)C(=O)c2nc1c(-c1ccccc1)c1ccc([nH]1)c(-c1ccccc1)c1ccc([nH]1)c(-c1ccccc1)c1nc(c2-c2ccccc2)C=C1. The minimum atomic E-state index is -1.84. The molecule has 0 aliphatic carbocycles. The summed E-state index contributed by atoms with van der Waals surface area (Å²) in [5.74, 6) is -2.25. The van der Waals surface area contributed by atoms with Crippen molar-refractivity contribution < 1.29 is 14.3 Å². The zero-order valence-corrected chi connectivity index (χ0v) is 29.1. The number of carbonyl (C=O) groups is 1. The van der Waals surface area contributed by atoms with Crippen LogP contribution in [0.2, 0.25) is 0 Å². The van der Waals surface area contributed by atoms with Crippen molar-refractivity contribution in [3.05, 3.63) is 168 Å². The third-order valence-electron chi connectivity index (χ3n) is 9.95. The predicted octanol–water partition coefficient (Wildman–Crippen LogP) is 10.5. The Balaban J connectivity index is 1.54. The molecule has 0 saturated carbocycles. The molecule has 7 aromatic rings. The maximum absolute atomic E-state index is 15.0. The molecule has 0 unspecified atom stereocenters. The highest BCUT2D eigenvalue weighted by Gasteiger charge is 2.51. The van der Waals surface area contributed by atoms with E-state index in [1.807, 2.05) is 115 Å². The Bertz CT molecular complexity index is 2700. The van der Waals surface area contributed by atoms with Crippen LogP contribution in [0.15, 0.2) is 146 Å². The summed E-state index contributed by atoms with van der Waals surface area (Å²) in [6.45, 7) is 0. The Morgan fingerprint density at radius 3 is 1.30 bits per heavy atom. The van der Waals surface area contributed by atoms with E-state index >= 15 is 0 Å². The van der Waals surface area contributed by atoms with Crippen LogP contribution < -0.4 is 0 Å². The minimum absolute atomic E-state index is 0.201. The first-order chi connectivity index (χ1) is 26.1. The molecule has 4 aromatic carbocycles. The summed E-state index contributed by atoms with van der Waals surface area (Å²) in [7, 11) is 2.97. The number of rotatable bonds is 6. The number of ketones is 1. The van der Waals surface area contributed by atoms with E-state index in [1.165, 1.54) is 14.2 Å². The van der Waals surface area contributed by atoms with Crippen molar-refractivity contribution in [2.24, 2.45) is 0 Å². The van der Waals surface area contributed by atoms with E-state index in [-0.39, 0.29) is 5.69 Å². The number of aromatic nitrogens is 4. The molecule has 5 heterocycles. The second kappa shape index (κ2) is 13.1. The first-order valence-electron chi connectivity index (χ1n) is 17.4. The second-order valence-corrected chi connectivity index (χ2v) is 12.9. The van der Waals surface area contributed by atoms with Gasteiger partial charge in [-0.25, -0.2) is 9.97 Å². The Morgan fingerprint density at radius 2 is 0.830 bits per heavy atom. The summed E-state index contributed by atoms with van der Waals surface area (Å²) in [6.07, 6.45) is 3.96. The van der Waals surface area contributed by atoms with E-state index < -0.39 is 11.6 Å². The van der Waals surface area contributed by atoms with Gasteiger partial charge in [-0.15, -0.1) is 0 Å². The molecular weight excluding hydrogens is 657 g/mol. The molecule has 0 saturated heterocycles. The van der Waals surface area contributed by atoms with Crippen molar-refractivity contribution in [3.63, 3.8) is 0 Å². The van der Waals surface area contributed by atoms with Gasteiger partial charge in [-0.2, -0.15) is 0 Å². The van der Waals surface area contributed by atoms with Crippen molar-refractivity contribution in [3.8, 4) is 44.5 Å². The molecule has 9 rings (SSSR count). The Kier molecular flexibility index (Phi) is 8.00. The molecule has 7 nitrogen and oxygen atoms in total. The van der Waals surface area contributed by atoms with Crippen LogP contribution in [0, 0.1) is 0 Å². The van der Waals surface area contributed by atoms with Crippen LogP contribution in [0.1, 0.15) is 27.6 Å². The van der Waals surface area contributed by atoms with E-state index in [0.29, 0.717) is 22.5 Å². The van der Waals surface area contributed by atoms with Gasteiger partial charge in [0.05, 0.1) is 11.4 Å².